The molecule has 0 aliphatic carbocycles. The van der Waals surface area contributed by atoms with Crippen LogP contribution in [0.2, 0.25) is 0 Å². The number of amides is 1. The summed E-state index contributed by atoms with van der Waals surface area (Å²) in [6.07, 6.45) is 49.6. The van der Waals surface area contributed by atoms with Gasteiger partial charge in [0.2, 0.25) is 5.91 Å². The summed E-state index contributed by atoms with van der Waals surface area (Å²) in [4.78, 5) is 12.4. The van der Waals surface area contributed by atoms with Gasteiger partial charge in [0.1, 0.15) is 6.10 Å². The summed E-state index contributed by atoms with van der Waals surface area (Å²) in [5, 5.41) is 33.5. The zero-order valence-corrected chi connectivity index (χ0v) is 33.3. The molecule has 50 heavy (non-hydrogen) atoms. The number of aliphatic hydroxyl groups is 3. The molecular weight excluding hydrogens is 618 g/mol. The molecule has 0 fully saturated rings. The summed E-state index contributed by atoms with van der Waals surface area (Å²) in [6.45, 7) is 4.14. The van der Waals surface area contributed by atoms with Crippen molar-refractivity contribution in [1.29, 1.82) is 0 Å². The summed E-state index contributed by atoms with van der Waals surface area (Å²) < 4.78 is 0. The van der Waals surface area contributed by atoms with Crippen LogP contribution < -0.4 is 5.32 Å². The van der Waals surface area contributed by atoms with Gasteiger partial charge in [-0.1, -0.05) is 179 Å². The van der Waals surface area contributed by atoms with Gasteiger partial charge in [0, 0.05) is 6.42 Å². The topological polar surface area (TPSA) is 89.8 Å². The van der Waals surface area contributed by atoms with E-state index in [1.54, 1.807) is 0 Å². The Bertz CT molecular complexity index is 779. The highest BCUT2D eigenvalue weighted by molar-refractivity contribution is 5.76. The molecule has 0 aromatic rings. The Hall–Kier alpha value is -1.43. The third-order valence-corrected chi connectivity index (χ3v) is 9.97. The molecule has 4 N–H and O–H groups in total. The van der Waals surface area contributed by atoms with Gasteiger partial charge in [0.25, 0.3) is 0 Å². The van der Waals surface area contributed by atoms with Crippen LogP contribution in [-0.2, 0) is 4.79 Å². The minimum Gasteiger partial charge on any atom is -0.394 e. The molecule has 0 saturated heterocycles. The molecule has 0 aromatic heterocycles. The molecule has 0 rings (SSSR count). The fraction of sp³-hybridized carbons (Fsp3) is 0.844. The van der Waals surface area contributed by atoms with Crippen LogP contribution in [0.4, 0.5) is 0 Å². The molecular formula is C45H85NO4. The van der Waals surface area contributed by atoms with Crippen LogP contribution in [0.5, 0.6) is 0 Å². The number of rotatable bonds is 39. The summed E-state index contributed by atoms with van der Waals surface area (Å²) in [6, 6.07) is -0.829. The molecule has 1 amide bonds. The highest BCUT2D eigenvalue weighted by Crippen LogP contribution is 2.15. The maximum Gasteiger partial charge on any atom is 0.220 e. The van der Waals surface area contributed by atoms with E-state index in [0.717, 1.165) is 51.4 Å². The lowest BCUT2D eigenvalue weighted by molar-refractivity contribution is -0.124. The molecule has 5 heteroatoms. The standard InChI is InChI=1S/C45H85NO4/c1-3-5-7-9-11-13-15-17-19-21-22-24-25-27-29-31-33-35-37-39-43(48)45(50)42(41-47)46-44(49)40-38-36-34-32-30-28-26-23-20-18-16-14-12-10-8-6-4-2/h12,14,18,20,31,33,42-43,45,47-48,50H,3-11,13,15-17,19,21-30,32,34-41H2,1-2H3,(H,46,49)/b14-12-,20-18-,33-31+. The van der Waals surface area contributed by atoms with Gasteiger partial charge < -0.3 is 20.6 Å². The maximum absolute atomic E-state index is 12.4. The van der Waals surface area contributed by atoms with E-state index in [4.69, 9.17) is 0 Å². The maximum atomic E-state index is 12.4. The largest absolute Gasteiger partial charge is 0.394 e. The monoisotopic (exact) mass is 704 g/mol. The fourth-order valence-corrected chi connectivity index (χ4v) is 6.54. The smallest absolute Gasteiger partial charge is 0.220 e. The Balaban J connectivity index is 3.69. The van der Waals surface area contributed by atoms with Crippen molar-refractivity contribution in [2.24, 2.45) is 0 Å². The number of carbonyl (C=O) groups is 1. The normalized spacial score (nSPS) is 13.9. The van der Waals surface area contributed by atoms with E-state index in [2.05, 4.69) is 55.6 Å². The molecule has 0 saturated carbocycles. The van der Waals surface area contributed by atoms with Crippen molar-refractivity contribution in [3.05, 3.63) is 36.5 Å². The lowest BCUT2D eigenvalue weighted by atomic mass is 10.0. The van der Waals surface area contributed by atoms with Crippen LogP contribution in [0.1, 0.15) is 219 Å². The number of hydrogen-bond donors (Lipinski definition) is 4. The predicted molar refractivity (Wildman–Crippen MR) is 218 cm³/mol. The second-order valence-corrected chi connectivity index (χ2v) is 14.9. The minimum absolute atomic E-state index is 0.163. The van der Waals surface area contributed by atoms with Gasteiger partial charge in [0.05, 0.1) is 18.8 Å². The van der Waals surface area contributed by atoms with Crippen LogP contribution >= 0.6 is 0 Å². The van der Waals surface area contributed by atoms with E-state index in [0.29, 0.717) is 12.8 Å². The van der Waals surface area contributed by atoms with E-state index in [-0.39, 0.29) is 12.5 Å². The summed E-state index contributed by atoms with van der Waals surface area (Å²) >= 11 is 0. The van der Waals surface area contributed by atoms with Crippen LogP contribution in [0.25, 0.3) is 0 Å². The van der Waals surface area contributed by atoms with E-state index in [1.807, 2.05) is 0 Å². The van der Waals surface area contributed by atoms with Crippen molar-refractivity contribution in [2.45, 2.75) is 238 Å². The number of aliphatic hydroxyl groups excluding tert-OH is 3. The first-order valence-electron chi connectivity index (χ1n) is 21.8. The Kier molecular flexibility index (Phi) is 39.2. The molecule has 3 atom stereocenters. The zero-order chi connectivity index (χ0) is 36.6. The SMILES string of the molecule is CCCCC/C=C\C/C=C\CCCCCCCCCC(=O)NC(CO)C(O)C(O)CCC/C=C/CCCCCCCCCCCCCCCC. The first kappa shape index (κ1) is 48.6. The third-order valence-electron chi connectivity index (χ3n) is 9.97. The average Bonchev–Trinajstić information content (AvgIpc) is 3.12. The van der Waals surface area contributed by atoms with Crippen LogP contribution in [-0.4, -0.2) is 46.1 Å². The minimum atomic E-state index is -1.16. The second-order valence-electron chi connectivity index (χ2n) is 14.9. The first-order chi connectivity index (χ1) is 24.6. The number of nitrogens with one attached hydrogen (secondary N) is 1. The third kappa shape index (κ3) is 35.0. The van der Waals surface area contributed by atoms with Crippen molar-refractivity contribution in [2.75, 3.05) is 6.61 Å². The van der Waals surface area contributed by atoms with Crippen molar-refractivity contribution < 1.29 is 20.1 Å². The lowest BCUT2D eigenvalue weighted by Gasteiger charge is -2.26. The average molecular weight is 704 g/mol. The van der Waals surface area contributed by atoms with Crippen LogP contribution in [0.15, 0.2) is 36.5 Å². The first-order valence-corrected chi connectivity index (χ1v) is 21.8. The Morgan fingerprint density at radius 1 is 0.500 bits per heavy atom. The summed E-state index contributed by atoms with van der Waals surface area (Å²) in [5.74, 6) is -0.163. The molecule has 294 valence electrons. The summed E-state index contributed by atoms with van der Waals surface area (Å²) in [7, 11) is 0. The molecule has 0 radical (unpaired) electrons. The predicted octanol–water partition coefficient (Wildman–Crippen LogP) is 12.4. The van der Waals surface area contributed by atoms with Crippen molar-refractivity contribution in [1.82, 2.24) is 5.32 Å². The highest BCUT2D eigenvalue weighted by atomic mass is 16.3. The highest BCUT2D eigenvalue weighted by Gasteiger charge is 2.26. The van der Waals surface area contributed by atoms with E-state index in [9.17, 15) is 20.1 Å². The van der Waals surface area contributed by atoms with Gasteiger partial charge in [-0.15, -0.1) is 0 Å². The number of unbranched alkanes of at least 4 members (excludes halogenated alkanes) is 25. The van der Waals surface area contributed by atoms with Gasteiger partial charge in [-0.2, -0.15) is 0 Å². The van der Waals surface area contributed by atoms with Gasteiger partial charge in [-0.25, -0.2) is 0 Å². The number of carbonyl (C=O) groups excluding carboxylic acids is 1. The van der Waals surface area contributed by atoms with Crippen LogP contribution in [0, 0.1) is 0 Å². The number of allylic oxidation sites excluding steroid dienone is 6. The van der Waals surface area contributed by atoms with Gasteiger partial charge in [-0.3, -0.25) is 4.79 Å². The molecule has 0 spiro atoms. The van der Waals surface area contributed by atoms with E-state index in [1.165, 1.54) is 141 Å². The molecule has 0 aromatic carbocycles. The fourth-order valence-electron chi connectivity index (χ4n) is 6.54. The van der Waals surface area contributed by atoms with Gasteiger partial charge >= 0.3 is 0 Å². The van der Waals surface area contributed by atoms with Crippen molar-refractivity contribution in [3.63, 3.8) is 0 Å². The molecule has 3 unspecified atom stereocenters. The zero-order valence-electron chi connectivity index (χ0n) is 33.3. The van der Waals surface area contributed by atoms with E-state index >= 15 is 0 Å². The quantitative estimate of drug-likeness (QED) is 0.0379. The molecule has 0 heterocycles. The van der Waals surface area contributed by atoms with Crippen molar-refractivity contribution in [3.8, 4) is 0 Å². The second kappa shape index (κ2) is 40.3. The molecule has 0 aliphatic heterocycles. The Morgan fingerprint density at radius 2 is 0.860 bits per heavy atom. The van der Waals surface area contributed by atoms with E-state index < -0.39 is 18.2 Å². The Labute approximate surface area is 311 Å². The summed E-state index contributed by atoms with van der Waals surface area (Å²) in [5.41, 5.74) is 0. The van der Waals surface area contributed by atoms with Crippen LogP contribution in [0.3, 0.4) is 0 Å². The van der Waals surface area contributed by atoms with Gasteiger partial charge in [-0.05, 0) is 70.6 Å². The lowest BCUT2D eigenvalue weighted by Crippen LogP contribution is -2.50. The van der Waals surface area contributed by atoms with Crippen molar-refractivity contribution >= 4 is 5.91 Å². The molecule has 0 bridgehead atoms. The van der Waals surface area contributed by atoms with Gasteiger partial charge in [0.15, 0.2) is 0 Å². The Morgan fingerprint density at radius 3 is 1.32 bits per heavy atom. The molecule has 5 nitrogen and oxygen atoms in total. The molecule has 0 aliphatic rings. The number of hydrogen-bond acceptors (Lipinski definition) is 4.